The van der Waals surface area contributed by atoms with Crippen LogP contribution in [0.15, 0.2) is 12.4 Å². The van der Waals surface area contributed by atoms with E-state index in [1.54, 1.807) is 0 Å². The zero-order valence-electron chi connectivity index (χ0n) is 15.2. The van der Waals surface area contributed by atoms with Crippen molar-refractivity contribution in [2.45, 2.75) is 31.5 Å². The Balaban J connectivity index is 1.59. The summed E-state index contributed by atoms with van der Waals surface area (Å²) in [6, 6.07) is 0. The molecule has 154 valence electrons. The number of carbonyl (C=O) groups excluding carboxylic acids is 1. The van der Waals surface area contributed by atoms with Gasteiger partial charge in [-0.05, 0) is 6.92 Å². The van der Waals surface area contributed by atoms with Gasteiger partial charge in [0.2, 0.25) is 5.65 Å². The summed E-state index contributed by atoms with van der Waals surface area (Å²) in [4.78, 5) is 21.6. The van der Waals surface area contributed by atoms with E-state index in [0.29, 0.717) is 31.7 Å². The van der Waals surface area contributed by atoms with Crippen LogP contribution in [-0.2, 0) is 10.9 Å². The molecule has 0 aliphatic carbocycles. The fourth-order valence-corrected chi connectivity index (χ4v) is 3.37. The average molecular weight is 410 g/mol. The molecule has 0 radical (unpaired) electrons. The van der Waals surface area contributed by atoms with Gasteiger partial charge >= 0.3 is 12.3 Å². The standard InChI is InChI=1S/C16H17F3N8O2/c1-15(29-14(20)28)2-4-27(5-3-15)9-7-21-11-10(24-26-13(11)23-9)8-6-22-25-12(8)16(17,18)19/h6-7H,2-5H2,1H3,(H2,20,28)(H,22,25)(H,23,24,26). The molecule has 3 aromatic heterocycles. The normalized spacial score (nSPS) is 16.9. The first-order valence-electron chi connectivity index (χ1n) is 8.72. The number of piperidine rings is 1. The highest BCUT2D eigenvalue weighted by molar-refractivity contribution is 5.88. The van der Waals surface area contributed by atoms with Crippen LogP contribution in [0.3, 0.4) is 0 Å². The molecule has 0 atom stereocenters. The second kappa shape index (κ2) is 6.60. The number of aromatic nitrogens is 6. The number of ether oxygens (including phenoxy) is 1. The van der Waals surface area contributed by atoms with Crippen molar-refractivity contribution in [1.29, 1.82) is 0 Å². The maximum absolute atomic E-state index is 13.1. The summed E-state index contributed by atoms with van der Waals surface area (Å²) in [5, 5.41) is 12.0. The molecule has 1 saturated heterocycles. The highest BCUT2D eigenvalue weighted by Gasteiger charge is 2.37. The lowest BCUT2D eigenvalue weighted by Gasteiger charge is -2.38. The highest BCUT2D eigenvalue weighted by Crippen LogP contribution is 2.36. The van der Waals surface area contributed by atoms with E-state index in [9.17, 15) is 18.0 Å². The molecule has 4 N–H and O–H groups in total. The average Bonchev–Trinajstić information content (AvgIpc) is 3.27. The number of rotatable bonds is 3. The Morgan fingerprint density at radius 2 is 2.00 bits per heavy atom. The molecule has 0 aromatic carbocycles. The first-order valence-corrected chi connectivity index (χ1v) is 8.72. The van der Waals surface area contributed by atoms with Crippen molar-refractivity contribution < 1.29 is 22.7 Å². The van der Waals surface area contributed by atoms with Crippen molar-refractivity contribution in [3.63, 3.8) is 0 Å². The second-order valence-electron chi connectivity index (χ2n) is 7.01. The van der Waals surface area contributed by atoms with E-state index in [-0.39, 0.29) is 22.4 Å². The molecule has 1 aliphatic heterocycles. The van der Waals surface area contributed by atoms with Crippen LogP contribution in [0, 0.1) is 0 Å². The molecule has 1 fully saturated rings. The molecular weight excluding hydrogens is 393 g/mol. The van der Waals surface area contributed by atoms with E-state index in [1.807, 2.05) is 16.9 Å². The molecule has 3 aromatic rings. The molecule has 0 saturated carbocycles. The summed E-state index contributed by atoms with van der Waals surface area (Å²) in [5.74, 6) is 0.528. The van der Waals surface area contributed by atoms with Crippen molar-refractivity contribution in [2.75, 3.05) is 18.0 Å². The maximum Gasteiger partial charge on any atom is 0.433 e. The Morgan fingerprint density at radius 1 is 1.28 bits per heavy atom. The predicted octanol–water partition coefficient (Wildman–Crippen LogP) is 2.22. The zero-order chi connectivity index (χ0) is 20.8. The number of nitrogens with two attached hydrogens (primary N) is 1. The number of carbonyl (C=O) groups is 1. The third kappa shape index (κ3) is 3.54. The summed E-state index contributed by atoms with van der Waals surface area (Å²) < 4.78 is 44.6. The maximum atomic E-state index is 13.1. The van der Waals surface area contributed by atoms with Gasteiger partial charge in [-0.15, -0.1) is 0 Å². The summed E-state index contributed by atoms with van der Waals surface area (Å²) in [6.07, 6.45) is -1.77. The smallest absolute Gasteiger partial charge is 0.433 e. The van der Waals surface area contributed by atoms with E-state index in [1.165, 1.54) is 6.20 Å². The van der Waals surface area contributed by atoms with Gasteiger partial charge in [-0.25, -0.2) is 14.8 Å². The molecule has 4 rings (SSSR count). The number of nitrogens with one attached hydrogen (secondary N) is 2. The van der Waals surface area contributed by atoms with Crippen molar-refractivity contribution in [1.82, 2.24) is 30.4 Å². The summed E-state index contributed by atoms with van der Waals surface area (Å²) in [7, 11) is 0. The van der Waals surface area contributed by atoms with Gasteiger partial charge in [0.05, 0.1) is 23.7 Å². The third-order valence-electron chi connectivity index (χ3n) is 4.94. The molecule has 4 heterocycles. The van der Waals surface area contributed by atoms with Crippen LogP contribution in [0.1, 0.15) is 25.5 Å². The highest BCUT2D eigenvalue weighted by atomic mass is 19.4. The van der Waals surface area contributed by atoms with Crippen LogP contribution >= 0.6 is 0 Å². The largest absolute Gasteiger partial charge is 0.443 e. The fraction of sp³-hybridized carbons (Fsp3) is 0.438. The molecule has 13 heteroatoms. The Hall–Kier alpha value is -3.38. The molecule has 1 aliphatic rings. The molecule has 1 amide bonds. The number of primary amides is 1. The van der Waals surface area contributed by atoms with Gasteiger partial charge in [0.25, 0.3) is 0 Å². The first kappa shape index (κ1) is 19.0. The molecular formula is C16H17F3N8O2. The number of halogens is 3. The zero-order valence-corrected chi connectivity index (χ0v) is 15.2. The summed E-state index contributed by atoms with van der Waals surface area (Å²) in [6.45, 7) is 2.90. The Labute approximate surface area is 161 Å². The number of amides is 1. The van der Waals surface area contributed by atoms with Crippen molar-refractivity contribution in [2.24, 2.45) is 5.73 Å². The van der Waals surface area contributed by atoms with Crippen LogP contribution < -0.4 is 10.6 Å². The Kier molecular flexibility index (Phi) is 4.31. The minimum Gasteiger partial charge on any atom is -0.443 e. The first-order chi connectivity index (χ1) is 13.7. The van der Waals surface area contributed by atoms with E-state index in [0.717, 1.165) is 6.20 Å². The van der Waals surface area contributed by atoms with Crippen LogP contribution in [-0.4, -0.2) is 55.1 Å². The molecule has 10 nitrogen and oxygen atoms in total. The lowest BCUT2D eigenvalue weighted by Crippen LogP contribution is -2.46. The quantitative estimate of drug-likeness (QED) is 0.602. The van der Waals surface area contributed by atoms with Crippen LogP contribution in [0.4, 0.5) is 23.8 Å². The number of aromatic amines is 2. The number of nitrogens with zero attached hydrogens (tertiary/aromatic N) is 5. The van der Waals surface area contributed by atoms with Gasteiger partial charge in [0, 0.05) is 25.9 Å². The van der Waals surface area contributed by atoms with Crippen LogP contribution in [0.5, 0.6) is 0 Å². The number of fused-ring (bicyclic) bond motifs is 1. The Morgan fingerprint density at radius 3 is 2.66 bits per heavy atom. The lowest BCUT2D eigenvalue weighted by atomic mass is 9.93. The number of alkyl halides is 3. The molecule has 0 unspecified atom stereocenters. The monoisotopic (exact) mass is 410 g/mol. The minimum atomic E-state index is -4.59. The van der Waals surface area contributed by atoms with Gasteiger partial charge in [0.1, 0.15) is 22.6 Å². The topological polar surface area (TPSA) is 139 Å². The minimum absolute atomic E-state index is 0.0844. The van der Waals surface area contributed by atoms with E-state index >= 15 is 0 Å². The fourth-order valence-electron chi connectivity index (χ4n) is 3.37. The van der Waals surface area contributed by atoms with Crippen LogP contribution in [0.2, 0.25) is 0 Å². The summed E-state index contributed by atoms with van der Waals surface area (Å²) in [5.41, 5.74) is 3.78. The number of H-pyrrole nitrogens is 2. The third-order valence-corrected chi connectivity index (χ3v) is 4.94. The van der Waals surface area contributed by atoms with Gasteiger partial charge in [-0.2, -0.15) is 23.4 Å². The van der Waals surface area contributed by atoms with E-state index in [4.69, 9.17) is 10.5 Å². The van der Waals surface area contributed by atoms with Gasteiger partial charge < -0.3 is 15.4 Å². The van der Waals surface area contributed by atoms with Crippen molar-refractivity contribution in [3.05, 3.63) is 18.1 Å². The van der Waals surface area contributed by atoms with Crippen LogP contribution in [0.25, 0.3) is 22.4 Å². The lowest BCUT2D eigenvalue weighted by molar-refractivity contribution is -0.140. The van der Waals surface area contributed by atoms with Gasteiger partial charge in [-0.1, -0.05) is 0 Å². The van der Waals surface area contributed by atoms with Crippen molar-refractivity contribution >= 4 is 23.1 Å². The van der Waals surface area contributed by atoms with Gasteiger partial charge in [0.15, 0.2) is 0 Å². The number of hydrogen-bond acceptors (Lipinski definition) is 7. The van der Waals surface area contributed by atoms with Crippen molar-refractivity contribution in [3.8, 4) is 11.3 Å². The van der Waals surface area contributed by atoms with E-state index in [2.05, 4.69) is 25.3 Å². The molecule has 0 spiro atoms. The predicted molar refractivity (Wildman–Crippen MR) is 94.8 cm³/mol. The molecule has 29 heavy (non-hydrogen) atoms. The number of hydrogen-bond donors (Lipinski definition) is 3. The number of anilines is 1. The van der Waals surface area contributed by atoms with E-state index < -0.39 is 23.6 Å². The molecule has 0 bridgehead atoms. The van der Waals surface area contributed by atoms with Gasteiger partial charge in [-0.3, -0.25) is 10.2 Å². The SMILES string of the molecule is CC1(OC(N)=O)CCN(c2cnc3c(-c4cn[nH]c4C(F)(F)F)[nH]nc3n2)CC1. The second-order valence-corrected chi connectivity index (χ2v) is 7.01. The Bertz CT molecular complexity index is 1050. The summed E-state index contributed by atoms with van der Waals surface area (Å²) >= 11 is 0.